The van der Waals surface area contributed by atoms with Crippen LogP contribution in [0.4, 0.5) is 0 Å². The third kappa shape index (κ3) is 5.18. The van der Waals surface area contributed by atoms with Gasteiger partial charge in [-0.1, -0.05) is 13.8 Å². The van der Waals surface area contributed by atoms with E-state index in [0.29, 0.717) is 32.6 Å². The van der Waals surface area contributed by atoms with E-state index in [4.69, 9.17) is 4.74 Å². The fourth-order valence-corrected chi connectivity index (χ4v) is 3.31. The largest absolute Gasteiger partial charge is 0.379 e. The monoisotopic (exact) mass is 325 g/mol. The van der Waals surface area contributed by atoms with Crippen LogP contribution in [0.2, 0.25) is 0 Å². The summed E-state index contributed by atoms with van der Waals surface area (Å²) in [6, 6.07) is 0. The van der Waals surface area contributed by atoms with E-state index in [1.54, 1.807) is 0 Å². The lowest BCUT2D eigenvalue weighted by Crippen LogP contribution is -2.52. The third-order valence-electron chi connectivity index (χ3n) is 5.02. The number of nitrogens with zero attached hydrogens (tertiary/aromatic N) is 3. The summed E-state index contributed by atoms with van der Waals surface area (Å²) in [6.45, 7) is 11.0. The van der Waals surface area contributed by atoms with Crippen molar-refractivity contribution in [2.45, 2.75) is 33.1 Å². The molecule has 6 nitrogen and oxygen atoms in total. The normalized spacial score (nSPS) is 20.1. The lowest BCUT2D eigenvalue weighted by Gasteiger charge is -2.36. The highest BCUT2D eigenvalue weighted by atomic mass is 16.5. The van der Waals surface area contributed by atoms with Crippen LogP contribution in [0, 0.1) is 5.92 Å². The molecule has 0 bridgehead atoms. The van der Waals surface area contributed by atoms with Crippen molar-refractivity contribution in [3.05, 3.63) is 0 Å². The molecule has 2 rings (SSSR count). The van der Waals surface area contributed by atoms with E-state index in [9.17, 15) is 9.59 Å². The van der Waals surface area contributed by atoms with Gasteiger partial charge in [-0.05, 0) is 12.8 Å². The Bertz CT molecular complexity index is 385. The molecule has 6 heteroatoms. The minimum atomic E-state index is 0.138. The number of piperazine rings is 1. The second-order valence-electron chi connectivity index (χ2n) is 6.42. The molecule has 2 saturated heterocycles. The lowest BCUT2D eigenvalue weighted by molar-refractivity contribution is -0.142. The molecular formula is C17H31N3O3. The fraction of sp³-hybridized carbons (Fsp3) is 0.882. The summed E-state index contributed by atoms with van der Waals surface area (Å²) in [4.78, 5) is 30.8. The van der Waals surface area contributed by atoms with Gasteiger partial charge in [-0.3, -0.25) is 14.5 Å². The second kappa shape index (κ2) is 9.23. The van der Waals surface area contributed by atoms with E-state index in [0.717, 1.165) is 45.7 Å². The number of ether oxygens (including phenoxy) is 1. The molecule has 0 aromatic carbocycles. The van der Waals surface area contributed by atoms with E-state index in [-0.39, 0.29) is 17.7 Å². The molecule has 0 aromatic rings. The van der Waals surface area contributed by atoms with Crippen molar-refractivity contribution in [2.75, 3.05) is 59.0 Å². The topological polar surface area (TPSA) is 53.1 Å². The smallest absolute Gasteiger partial charge is 0.225 e. The summed E-state index contributed by atoms with van der Waals surface area (Å²) in [6.07, 6.45) is 2.36. The molecule has 2 amide bonds. The molecule has 132 valence electrons. The van der Waals surface area contributed by atoms with Gasteiger partial charge in [0.05, 0.1) is 13.2 Å². The van der Waals surface area contributed by atoms with Crippen molar-refractivity contribution in [3.63, 3.8) is 0 Å². The number of hydrogen-bond acceptors (Lipinski definition) is 4. The van der Waals surface area contributed by atoms with Gasteiger partial charge in [-0.2, -0.15) is 0 Å². The zero-order valence-electron chi connectivity index (χ0n) is 14.6. The average molecular weight is 325 g/mol. The maximum Gasteiger partial charge on any atom is 0.225 e. The SMILES string of the molecule is CCC(CC)C(=O)N1CCN(C(=O)CCN2CCOCC2)CC1. The maximum atomic E-state index is 12.4. The molecule has 0 N–H and O–H groups in total. The quantitative estimate of drug-likeness (QED) is 0.725. The highest BCUT2D eigenvalue weighted by Crippen LogP contribution is 2.14. The summed E-state index contributed by atoms with van der Waals surface area (Å²) in [5, 5.41) is 0. The van der Waals surface area contributed by atoms with Crippen LogP contribution in [0.1, 0.15) is 33.1 Å². The third-order valence-corrected chi connectivity index (χ3v) is 5.02. The molecule has 23 heavy (non-hydrogen) atoms. The van der Waals surface area contributed by atoms with Gasteiger partial charge in [-0.25, -0.2) is 0 Å². The molecule has 0 saturated carbocycles. The van der Waals surface area contributed by atoms with Crippen LogP contribution in [-0.4, -0.2) is 85.5 Å². The number of carbonyl (C=O) groups is 2. The predicted molar refractivity (Wildman–Crippen MR) is 89.1 cm³/mol. The first-order valence-electron chi connectivity index (χ1n) is 9.02. The van der Waals surface area contributed by atoms with Crippen LogP contribution in [0.15, 0.2) is 0 Å². The van der Waals surface area contributed by atoms with Gasteiger partial charge in [-0.15, -0.1) is 0 Å². The van der Waals surface area contributed by atoms with Crippen molar-refractivity contribution in [1.82, 2.24) is 14.7 Å². The molecule has 2 aliphatic rings. The Hall–Kier alpha value is -1.14. The average Bonchev–Trinajstić information content (AvgIpc) is 2.61. The number of rotatable bonds is 6. The van der Waals surface area contributed by atoms with Crippen LogP contribution in [0.25, 0.3) is 0 Å². The molecule has 0 aromatic heterocycles. The van der Waals surface area contributed by atoms with Gasteiger partial charge in [0.1, 0.15) is 0 Å². The second-order valence-corrected chi connectivity index (χ2v) is 6.42. The zero-order valence-corrected chi connectivity index (χ0v) is 14.6. The number of carbonyl (C=O) groups excluding carboxylic acids is 2. The van der Waals surface area contributed by atoms with Crippen molar-refractivity contribution in [3.8, 4) is 0 Å². The summed E-state index contributed by atoms with van der Waals surface area (Å²) in [7, 11) is 0. The van der Waals surface area contributed by atoms with Crippen molar-refractivity contribution >= 4 is 11.8 Å². The summed E-state index contributed by atoms with van der Waals surface area (Å²) < 4.78 is 5.32. The molecule has 0 unspecified atom stereocenters. The summed E-state index contributed by atoms with van der Waals surface area (Å²) >= 11 is 0. The van der Waals surface area contributed by atoms with E-state index >= 15 is 0 Å². The number of amides is 2. The Kier molecular flexibility index (Phi) is 7.30. The maximum absolute atomic E-state index is 12.4. The minimum Gasteiger partial charge on any atom is -0.379 e. The number of hydrogen-bond donors (Lipinski definition) is 0. The highest BCUT2D eigenvalue weighted by Gasteiger charge is 2.27. The van der Waals surface area contributed by atoms with Gasteiger partial charge >= 0.3 is 0 Å². The molecule has 0 spiro atoms. The standard InChI is InChI=1S/C17H31N3O3/c1-3-15(4-2)17(22)20-9-7-19(8-10-20)16(21)5-6-18-11-13-23-14-12-18/h15H,3-14H2,1-2H3. The van der Waals surface area contributed by atoms with Crippen molar-refractivity contribution < 1.29 is 14.3 Å². The summed E-state index contributed by atoms with van der Waals surface area (Å²) in [5.41, 5.74) is 0. The van der Waals surface area contributed by atoms with Crippen molar-refractivity contribution in [1.29, 1.82) is 0 Å². The van der Waals surface area contributed by atoms with E-state index in [1.807, 2.05) is 9.80 Å². The zero-order chi connectivity index (χ0) is 16.7. The molecule has 2 aliphatic heterocycles. The molecule has 0 radical (unpaired) electrons. The lowest BCUT2D eigenvalue weighted by atomic mass is 10.0. The Morgan fingerprint density at radius 1 is 0.913 bits per heavy atom. The van der Waals surface area contributed by atoms with Crippen LogP contribution in [-0.2, 0) is 14.3 Å². The Morgan fingerprint density at radius 3 is 2.04 bits per heavy atom. The van der Waals surface area contributed by atoms with Gasteiger partial charge in [0.2, 0.25) is 11.8 Å². The van der Waals surface area contributed by atoms with E-state index < -0.39 is 0 Å². The van der Waals surface area contributed by atoms with Gasteiger partial charge in [0.25, 0.3) is 0 Å². The molecular weight excluding hydrogens is 294 g/mol. The Morgan fingerprint density at radius 2 is 1.48 bits per heavy atom. The fourth-order valence-electron chi connectivity index (χ4n) is 3.31. The van der Waals surface area contributed by atoms with Crippen LogP contribution < -0.4 is 0 Å². The van der Waals surface area contributed by atoms with Crippen LogP contribution in [0.3, 0.4) is 0 Å². The first kappa shape index (κ1) is 18.2. The van der Waals surface area contributed by atoms with E-state index in [1.165, 1.54) is 0 Å². The molecule has 2 fully saturated rings. The van der Waals surface area contributed by atoms with Gasteiger partial charge in [0.15, 0.2) is 0 Å². The van der Waals surface area contributed by atoms with Crippen LogP contribution in [0.5, 0.6) is 0 Å². The Balaban J connectivity index is 1.70. The first-order valence-corrected chi connectivity index (χ1v) is 9.02. The first-order chi connectivity index (χ1) is 11.2. The molecule has 0 aliphatic carbocycles. The van der Waals surface area contributed by atoms with Crippen LogP contribution >= 0.6 is 0 Å². The highest BCUT2D eigenvalue weighted by molar-refractivity contribution is 5.80. The summed E-state index contributed by atoms with van der Waals surface area (Å²) in [5.74, 6) is 0.611. The minimum absolute atomic E-state index is 0.138. The molecule has 0 atom stereocenters. The number of morpholine rings is 1. The van der Waals surface area contributed by atoms with Gasteiger partial charge in [0, 0.05) is 58.2 Å². The predicted octanol–water partition coefficient (Wildman–Crippen LogP) is 0.816. The van der Waals surface area contributed by atoms with E-state index in [2.05, 4.69) is 18.7 Å². The van der Waals surface area contributed by atoms with Crippen molar-refractivity contribution in [2.24, 2.45) is 5.92 Å². The van der Waals surface area contributed by atoms with Gasteiger partial charge < -0.3 is 14.5 Å². The Labute approximate surface area is 139 Å². The molecule has 2 heterocycles.